The summed E-state index contributed by atoms with van der Waals surface area (Å²) in [5.41, 5.74) is 0. The molecule has 0 aromatic carbocycles. The molecule has 0 saturated heterocycles. The Hall–Kier alpha value is -4.30. The highest BCUT2D eigenvalue weighted by Crippen LogP contribution is 2.08. The van der Waals surface area contributed by atoms with Gasteiger partial charge in [-0.25, -0.2) is 0 Å². The summed E-state index contributed by atoms with van der Waals surface area (Å²) in [6, 6.07) is -0.301. The van der Waals surface area contributed by atoms with Crippen molar-refractivity contribution in [2.75, 3.05) is 67.2 Å². The normalized spacial score (nSPS) is 9.29. The van der Waals surface area contributed by atoms with Crippen LogP contribution in [0.25, 0.3) is 0 Å². The zero-order valence-electron chi connectivity index (χ0n) is 66.5. The zero-order valence-corrected chi connectivity index (χ0v) is 71.7. The maximum Gasteiger partial charge on any atom is 0.221 e. The largest absolute Gasteiger partial charge is 0.359 e. The Kier molecular flexibility index (Phi) is 156. The second-order valence-corrected chi connectivity index (χ2v) is 25.0. The number of ketones is 4. The van der Waals surface area contributed by atoms with Crippen LogP contribution in [0, 0.1) is 0 Å². The highest BCUT2D eigenvalue weighted by Gasteiger charge is 2.17. The Morgan fingerprint density at radius 1 is 0.364 bits per heavy atom. The van der Waals surface area contributed by atoms with Crippen molar-refractivity contribution in [2.45, 2.75) is 284 Å². The van der Waals surface area contributed by atoms with Gasteiger partial charge < -0.3 is 51.6 Å². The van der Waals surface area contributed by atoms with E-state index in [0.29, 0.717) is 68.0 Å². The second-order valence-electron chi connectivity index (χ2n) is 20.9. The average molecular weight is 1520 g/mol. The molecule has 0 bridgehead atoms. The van der Waals surface area contributed by atoms with E-state index in [1.165, 1.54) is 58.0 Å². The van der Waals surface area contributed by atoms with E-state index < -0.39 is 12.1 Å². The highest BCUT2D eigenvalue weighted by molar-refractivity contribution is 7.99. The summed E-state index contributed by atoms with van der Waals surface area (Å²) in [7, 11) is 4.80. The third-order valence-corrected chi connectivity index (χ3v) is 13.7. The van der Waals surface area contributed by atoms with Gasteiger partial charge in [-0.1, -0.05) is 106 Å². The minimum absolute atomic E-state index is 0.00463. The fourth-order valence-corrected chi connectivity index (χ4v) is 7.46. The van der Waals surface area contributed by atoms with Gasteiger partial charge in [0.1, 0.15) is 18.4 Å². The number of Topliss-reactive ketones (excluding diaryl/α,β-unsaturated/α-hetero) is 4. The molecule has 590 valence electrons. The summed E-state index contributed by atoms with van der Waals surface area (Å²) >= 11 is 19.7. The van der Waals surface area contributed by atoms with Crippen LogP contribution in [0.1, 0.15) is 260 Å². The monoisotopic (exact) mass is 1520 g/mol. The summed E-state index contributed by atoms with van der Waals surface area (Å²) in [4.78, 5) is 124. The molecule has 99 heavy (non-hydrogen) atoms. The molecular weight excluding hydrogens is 1370 g/mol. The van der Waals surface area contributed by atoms with Crippen molar-refractivity contribution in [3.63, 3.8) is 0 Å². The van der Waals surface area contributed by atoms with Gasteiger partial charge in [0.2, 0.25) is 41.4 Å². The number of allylic oxidation sites excluding steroid dienone is 4. The number of thioether (sulfide) groups is 2. The molecule has 0 aliphatic carbocycles. The van der Waals surface area contributed by atoms with Crippen LogP contribution in [-0.2, 0) is 57.5 Å². The molecule has 0 saturated carbocycles. The fraction of sp³-hybridized carbons (Fsp3) is 0.730. The van der Waals surface area contributed by atoms with Gasteiger partial charge >= 0.3 is 0 Å². The maximum absolute atomic E-state index is 11.2. The number of amides is 7. The van der Waals surface area contributed by atoms with Crippen molar-refractivity contribution in [3.8, 4) is 0 Å². The Balaban J connectivity index is -0.0000000673. The predicted molar refractivity (Wildman–Crippen MR) is 448 cm³/mol. The molecule has 19 nitrogen and oxygen atoms in total. The molecule has 0 spiro atoms. The standard InChI is InChI=1S/C10H21NOS.2C9H17NO2S.C9H18OS.C6H13NOS.C5H10OS.4C4H8.3C3H7NO.CH2O/c1-4-5-7-13-8-6-10(12)11-9(2)3;2*1-3-5-9(12)10-7(6-13)8(11)4-2;1-3-4-7-11-8-5-6-9(2)10;1-5(2)7-6(8)3-4-9;1-5(6)3-2-4-7;4*1-3-4-2;3*1-3(5)4-2;1-2/h9H,4-8H2,1-3H3,(H,11,12);2*7,13H,3-6H2,1-2H3,(H,10,12);3-8H2,1-2H3;5,9H,3-4H2,1-2H3,(H,7,8);7H,2-4H2,1H3;4*3H,1,4H2,2H3;3*1-2H3,(H,4,5);1H2. The molecule has 7 amide bonds. The quantitative estimate of drug-likeness (QED) is 0.0158. The first-order valence-electron chi connectivity index (χ1n) is 34.7. The lowest BCUT2D eigenvalue weighted by Crippen LogP contribution is -2.41. The van der Waals surface area contributed by atoms with Crippen LogP contribution in [0.3, 0.4) is 0 Å². The molecule has 2 unspecified atom stereocenters. The van der Waals surface area contributed by atoms with Gasteiger partial charge in [0.15, 0.2) is 11.6 Å². The van der Waals surface area contributed by atoms with Gasteiger partial charge in [-0.15, -0.1) is 26.3 Å². The molecule has 0 aliphatic rings. The van der Waals surface area contributed by atoms with E-state index in [1.54, 1.807) is 48.8 Å². The Morgan fingerprint density at radius 3 is 0.808 bits per heavy atom. The van der Waals surface area contributed by atoms with E-state index in [2.05, 4.69) is 156 Å². The van der Waals surface area contributed by atoms with Crippen LogP contribution >= 0.6 is 74.0 Å². The average Bonchev–Trinajstić information content (AvgIpc) is 1.16. The van der Waals surface area contributed by atoms with E-state index >= 15 is 0 Å². The summed E-state index contributed by atoms with van der Waals surface area (Å²) in [6.07, 6.45) is 24.9. The molecule has 0 fully saturated rings. The third-order valence-electron chi connectivity index (χ3n) is 10.2. The first-order valence-corrected chi connectivity index (χ1v) is 39.6. The number of nitrogens with one attached hydrogen (secondary N) is 7. The first kappa shape index (κ1) is 128. The predicted octanol–water partition coefficient (Wildman–Crippen LogP) is 15.2. The fourth-order valence-electron chi connectivity index (χ4n) is 4.44. The van der Waals surface area contributed by atoms with E-state index in [1.807, 2.05) is 96.2 Å². The van der Waals surface area contributed by atoms with Gasteiger partial charge in [0.05, 0.1) is 12.1 Å². The molecule has 0 aliphatic heterocycles. The van der Waals surface area contributed by atoms with Crippen LogP contribution in [0.2, 0.25) is 0 Å². The first-order chi connectivity index (χ1) is 46.6. The molecule has 2 atom stereocenters. The molecule has 7 N–H and O–H groups in total. The Morgan fingerprint density at radius 2 is 0.616 bits per heavy atom. The molecule has 0 heterocycles. The zero-order chi connectivity index (χ0) is 80.7. The van der Waals surface area contributed by atoms with E-state index in [-0.39, 0.29) is 70.8 Å². The SMILES string of the molecule is C=CCC.C=CCC.C=CCC.C=CCC.C=O.CC(=O)CCCS.CC(C)NC(=O)CCS.CCCC(=O)NC(CS)C(=O)CC.CCCC(=O)NC(CS)C(=O)CC.CCCCSCCC(=O)NC(C)C.CCCCSCCCC(C)=O.CNC(C)=O.CNC(C)=O.CNC(C)=O. The van der Waals surface area contributed by atoms with Crippen molar-refractivity contribution >= 4 is 145 Å². The van der Waals surface area contributed by atoms with Crippen LogP contribution in [0.4, 0.5) is 0 Å². The molecule has 0 aromatic heterocycles. The molecular formula is C74H151N7O12S6. The summed E-state index contributed by atoms with van der Waals surface area (Å²) in [5, 5.41) is 18.1. The van der Waals surface area contributed by atoms with Crippen molar-refractivity contribution < 1.29 is 57.5 Å². The van der Waals surface area contributed by atoms with Crippen molar-refractivity contribution in [2.24, 2.45) is 0 Å². The molecule has 0 aromatic rings. The van der Waals surface area contributed by atoms with Crippen LogP contribution in [0.5, 0.6) is 0 Å². The maximum atomic E-state index is 11.2. The van der Waals surface area contributed by atoms with E-state index in [0.717, 1.165) is 75.0 Å². The van der Waals surface area contributed by atoms with E-state index in [4.69, 9.17) is 4.79 Å². The lowest BCUT2D eigenvalue weighted by Gasteiger charge is -2.13. The smallest absolute Gasteiger partial charge is 0.221 e. The number of carbonyl (C=O) groups excluding carboxylic acids is 12. The number of hydrogen-bond acceptors (Lipinski definition) is 18. The number of rotatable bonds is 36. The van der Waals surface area contributed by atoms with Crippen molar-refractivity contribution in [3.05, 3.63) is 50.6 Å². The lowest BCUT2D eigenvalue weighted by molar-refractivity contribution is -0.127. The second kappa shape index (κ2) is 121. The Bertz CT molecular complexity index is 1750. The Labute approximate surface area is 637 Å². The lowest BCUT2D eigenvalue weighted by atomic mass is 10.1. The topological polar surface area (TPSA) is 289 Å². The molecule has 0 rings (SSSR count). The molecule has 25 heteroatoms. The summed E-state index contributed by atoms with van der Waals surface area (Å²) < 4.78 is 0. The van der Waals surface area contributed by atoms with Gasteiger partial charge in [0.25, 0.3) is 0 Å². The minimum Gasteiger partial charge on any atom is -0.359 e. The number of unbranched alkanes of at least 4 members (excludes halogenated alkanes) is 2. The van der Waals surface area contributed by atoms with Gasteiger partial charge in [-0.05, 0) is 135 Å². The van der Waals surface area contributed by atoms with Gasteiger partial charge in [0, 0.05) is 123 Å². The van der Waals surface area contributed by atoms with E-state index in [9.17, 15) is 52.7 Å². The highest BCUT2D eigenvalue weighted by atomic mass is 32.2. The minimum atomic E-state index is -0.410. The third kappa shape index (κ3) is 183. The summed E-state index contributed by atoms with van der Waals surface area (Å²) in [5.74, 6) is 7.56. The number of carbonyl (C=O) groups is 12. The number of thiol groups is 4. The molecule has 0 radical (unpaired) electrons. The van der Waals surface area contributed by atoms with Crippen LogP contribution in [0.15, 0.2) is 50.6 Å². The van der Waals surface area contributed by atoms with Crippen molar-refractivity contribution in [1.82, 2.24) is 37.2 Å². The number of hydrogen-bond donors (Lipinski definition) is 11. The van der Waals surface area contributed by atoms with Crippen molar-refractivity contribution in [1.29, 1.82) is 0 Å². The van der Waals surface area contributed by atoms with Crippen LogP contribution < -0.4 is 37.2 Å². The van der Waals surface area contributed by atoms with Gasteiger partial charge in [-0.3, -0.25) is 43.2 Å². The summed E-state index contributed by atoms with van der Waals surface area (Å²) in [6.45, 7) is 51.5. The van der Waals surface area contributed by atoms with Gasteiger partial charge in [-0.2, -0.15) is 74.0 Å². The van der Waals surface area contributed by atoms with Crippen LogP contribution in [-0.4, -0.2) is 163 Å².